The highest BCUT2D eigenvalue weighted by atomic mass is 32.2. The van der Waals surface area contributed by atoms with Crippen molar-refractivity contribution in [2.75, 3.05) is 13.1 Å². The average Bonchev–Trinajstić information content (AvgIpc) is 3.18. The molecule has 2 aliphatic heterocycles. The highest BCUT2D eigenvalue weighted by Crippen LogP contribution is 2.49. The first-order chi connectivity index (χ1) is 11.8. The molecule has 0 aromatic heterocycles. The number of rotatable bonds is 2. The summed E-state index contributed by atoms with van der Waals surface area (Å²) in [5.74, 6) is 1.06. The Bertz CT molecular complexity index is 631. The summed E-state index contributed by atoms with van der Waals surface area (Å²) in [6.07, 6.45) is 6.06. The molecule has 0 aromatic rings. The third-order valence-corrected chi connectivity index (χ3v) is 8.17. The number of carbonyl (C=O) groups is 2. The van der Waals surface area contributed by atoms with Crippen LogP contribution in [0, 0.1) is 11.8 Å². The van der Waals surface area contributed by atoms with Crippen molar-refractivity contribution in [3.8, 4) is 0 Å². The first-order valence-electron chi connectivity index (χ1n) is 9.42. The van der Waals surface area contributed by atoms with Gasteiger partial charge in [0.25, 0.3) is 0 Å². The molecule has 2 unspecified atom stereocenters. The topological polar surface area (TPSA) is 87.8 Å². The van der Waals surface area contributed by atoms with Crippen molar-refractivity contribution in [3.63, 3.8) is 0 Å². The maximum absolute atomic E-state index is 12.7. The van der Waals surface area contributed by atoms with Crippen molar-refractivity contribution in [2.45, 2.75) is 68.7 Å². The number of fused-ring (bicyclic) bond motifs is 2. The van der Waals surface area contributed by atoms with Crippen molar-refractivity contribution in [1.82, 2.24) is 10.2 Å². The van der Waals surface area contributed by atoms with Crippen molar-refractivity contribution in [3.05, 3.63) is 0 Å². The Morgan fingerprint density at radius 1 is 1.32 bits per heavy atom. The summed E-state index contributed by atoms with van der Waals surface area (Å²) in [4.78, 5) is 31.0. The van der Waals surface area contributed by atoms with Gasteiger partial charge in [0.2, 0.25) is 11.8 Å². The first-order valence-corrected chi connectivity index (χ1v) is 10.2. The fourth-order valence-corrected chi connectivity index (χ4v) is 6.44. The quantitative estimate of drug-likeness (QED) is 0.777. The monoisotopic (exact) mass is 364 g/mol. The summed E-state index contributed by atoms with van der Waals surface area (Å²) >= 11 is 1.60. The van der Waals surface area contributed by atoms with E-state index >= 15 is 0 Å². The number of hydrogen-bond donors (Lipinski definition) is 2. The Morgan fingerprint density at radius 3 is 2.60 bits per heavy atom. The minimum absolute atomic E-state index is 0.0184. The Balaban J connectivity index is 1.43. The number of piperidine rings is 1. The van der Waals surface area contributed by atoms with Crippen LogP contribution in [-0.2, 0) is 9.59 Å². The minimum Gasteiger partial charge on any atom is -0.343 e. The van der Waals surface area contributed by atoms with E-state index in [-0.39, 0.29) is 29.3 Å². The zero-order valence-corrected chi connectivity index (χ0v) is 15.9. The number of nitrogens with two attached hydrogens (primary N) is 1. The second-order valence-corrected chi connectivity index (χ2v) is 9.95. The number of nitrogens with one attached hydrogen (secondary N) is 1. The molecule has 2 aliphatic carbocycles. The van der Waals surface area contributed by atoms with Crippen molar-refractivity contribution >= 4 is 28.7 Å². The summed E-state index contributed by atoms with van der Waals surface area (Å²) in [6.45, 7) is 5.14. The smallest absolute Gasteiger partial charge is 0.242 e. The predicted octanol–water partition coefficient (Wildman–Crippen LogP) is 1.49. The second kappa shape index (κ2) is 5.98. The Kier molecular flexibility index (Phi) is 4.15. The van der Waals surface area contributed by atoms with E-state index in [1.54, 1.807) is 18.7 Å². The molecular formula is C18H28N4O2S. The summed E-state index contributed by atoms with van der Waals surface area (Å²) in [5, 5.41) is 3.81. The van der Waals surface area contributed by atoms with E-state index in [1.807, 2.05) is 11.8 Å². The third-order valence-electron chi connectivity index (χ3n) is 6.82. The van der Waals surface area contributed by atoms with Gasteiger partial charge in [0.15, 0.2) is 5.17 Å². The highest BCUT2D eigenvalue weighted by Gasteiger charge is 2.51. The van der Waals surface area contributed by atoms with Crippen LogP contribution in [0.4, 0.5) is 0 Å². The molecule has 6 nitrogen and oxygen atoms in total. The van der Waals surface area contributed by atoms with Crippen LogP contribution in [0.1, 0.15) is 52.4 Å². The van der Waals surface area contributed by atoms with E-state index in [0.29, 0.717) is 5.92 Å². The fourth-order valence-electron chi connectivity index (χ4n) is 5.16. The Labute approximate surface area is 153 Å². The molecule has 4 fully saturated rings. The SMILES string of the molecule is CC(=O)N1CCC(C2(C)SC(=N[C@H]3C[C@]4(N)CCC3C4)NC2=O)CC1. The number of aliphatic imine (C=N–C) groups is 1. The molecule has 4 rings (SSSR count). The Hall–Kier alpha value is -1.08. The van der Waals surface area contributed by atoms with Gasteiger partial charge in [0, 0.05) is 25.6 Å². The van der Waals surface area contributed by atoms with Crippen LogP contribution in [0.3, 0.4) is 0 Å². The number of likely N-dealkylation sites (tertiary alicyclic amines) is 1. The van der Waals surface area contributed by atoms with E-state index in [9.17, 15) is 9.59 Å². The third kappa shape index (κ3) is 2.99. The van der Waals surface area contributed by atoms with Gasteiger partial charge in [-0.15, -0.1) is 0 Å². The molecule has 3 N–H and O–H groups in total. The molecule has 25 heavy (non-hydrogen) atoms. The molecule has 2 bridgehead atoms. The highest BCUT2D eigenvalue weighted by molar-refractivity contribution is 8.16. The molecule has 2 saturated carbocycles. The molecule has 0 aromatic carbocycles. The van der Waals surface area contributed by atoms with Gasteiger partial charge in [-0.2, -0.15) is 0 Å². The lowest BCUT2D eigenvalue weighted by Crippen LogP contribution is -2.47. The minimum atomic E-state index is -0.472. The number of carbonyl (C=O) groups excluding carboxylic acids is 2. The molecule has 7 heteroatoms. The molecule has 2 saturated heterocycles. The van der Waals surface area contributed by atoms with Crippen molar-refractivity contribution in [2.24, 2.45) is 22.6 Å². The molecule has 2 heterocycles. The molecule has 138 valence electrons. The number of amidine groups is 1. The zero-order chi connectivity index (χ0) is 17.8. The van der Waals surface area contributed by atoms with Crippen LogP contribution in [0.2, 0.25) is 0 Å². The van der Waals surface area contributed by atoms with Crippen LogP contribution in [0.15, 0.2) is 4.99 Å². The lowest BCUT2D eigenvalue weighted by atomic mass is 9.84. The van der Waals surface area contributed by atoms with Gasteiger partial charge in [-0.25, -0.2) is 0 Å². The number of amides is 2. The molecule has 4 aliphatic rings. The largest absolute Gasteiger partial charge is 0.343 e. The van der Waals surface area contributed by atoms with E-state index in [2.05, 4.69) is 5.32 Å². The van der Waals surface area contributed by atoms with Crippen molar-refractivity contribution < 1.29 is 9.59 Å². The molecule has 4 atom stereocenters. The van der Waals surface area contributed by atoms with Gasteiger partial charge in [0.05, 0.1) is 6.04 Å². The average molecular weight is 365 g/mol. The van der Waals surface area contributed by atoms with Gasteiger partial charge < -0.3 is 16.0 Å². The van der Waals surface area contributed by atoms with Gasteiger partial charge in [-0.3, -0.25) is 14.6 Å². The second-order valence-electron chi connectivity index (χ2n) is 8.51. The fraction of sp³-hybridized carbons (Fsp3) is 0.833. The lowest BCUT2D eigenvalue weighted by Gasteiger charge is -2.37. The normalized spacial score (nSPS) is 43.1. The van der Waals surface area contributed by atoms with Gasteiger partial charge in [-0.1, -0.05) is 11.8 Å². The van der Waals surface area contributed by atoms with Crippen molar-refractivity contribution in [1.29, 1.82) is 0 Å². The Morgan fingerprint density at radius 2 is 2.04 bits per heavy atom. The van der Waals surface area contributed by atoms with Crippen LogP contribution in [0.25, 0.3) is 0 Å². The van der Waals surface area contributed by atoms with E-state index in [0.717, 1.165) is 56.8 Å². The molecule has 0 radical (unpaired) electrons. The maximum Gasteiger partial charge on any atom is 0.242 e. The predicted molar refractivity (Wildman–Crippen MR) is 99.2 cm³/mol. The number of thioether (sulfide) groups is 1. The summed E-state index contributed by atoms with van der Waals surface area (Å²) < 4.78 is -0.472. The van der Waals surface area contributed by atoms with Crippen LogP contribution < -0.4 is 11.1 Å². The van der Waals surface area contributed by atoms with E-state index < -0.39 is 4.75 Å². The van der Waals surface area contributed by atoms with Gasteiger partial charge in [0.1, 0.15) is 4.75 Å². The number of nitrogens with zero attached hydrogens (tertiary/aromatic N) is 2. The van der Waals surface area contributed by atoms with Crippen LogP contribution in [0.5, 0.6) is 0 Å². The van der Waals surface area contributed by atoms with Gasteiger partial charge in [-0.05, 0) is 57.3 Å². The standard InChI is InChI=1S/C18H28N4O2S/c1-11(23)22-7-4-13(5-8-22)17(2)15(24)21-16(25-17)20-14-10-18(19)6-3-12(14)9-18/h12-14H,3-10,19H2,1-2H3,(H,20,21,24)/t12?,14-,17?,18-/m0/s1. The first kappa shape index (κ1) is 17.3. The van der Waals surface area contributed by atoms with E-state index in [1.165, 1.54) is 0 Å². The molecule has 0 spiro atoms. The van der Waals surface area contributed by atoms with Crippen LogP contribution >= 0.6 is 11.8 Å². The number of hydrogen-bond acceptors (Lipinski definition) is 5. The molecule has 2 amide bonds. The van der Waals surface area contributed by atoms with Crippen LogP contribution in [-0.4, -0.2) is 51.3 Å². The molecular weight excluding hydrogens is 336 g/mol. The summed E-state index contributed by atoms with van der Waals surface area (Å²) in [7, 11) is 0. The maximum atomic E-state index is 12.7. The zero-order valence-electron chi connectivity index (χ0n) is 15.1. The van der Waals surface area contributed by atoms with Gasteiger partial charge >= 0.3 is 0 Å². The lowest BCUT2D eigenvalue weighted by molar-refractivity contribution is -0.130. The van der Waals surface area contributed by atoms with E-state index in [4.69, 9.17) is 10.7 Å². The summed E-state index contributed by atoms with van der Waals surface area (Å²) in [5.41, 5.74) is 6.39. The summed E-state index contributed by atoms with van der Waals surface area (Å²) in [6, 6.07) is 0.267.